The van der Waals surface area contributed by atoms with Crippen LogP contribution in [-0.2, 0) is 14.8 Å². The molecule has 8 heteroatoms. The van der Waals surface area contributed by atoms with Crippen molar-refractivity contribution in [1.29, 1.82) is 0 Å². The molecule has 2 aromatic rings. The van der Waals surface area contributed by atoms with Gasteiger partial charge in [-0.15, -0.1) is 0 Å². The first-order valence-corrected chi connectivity index (χ1v) is 11.7. The molecule has 2 aromatic carbocycles. The molecule has 0 saturated carbocycles. The Labute approximate surface area is 179 Å². The molecule has 1 fully saturated rings. The van der Waals surface area contributed by atoms with Gasteiger partial charge in [0.2, 0.25) is 10.0 Å². The highest BCUT2D eigenvalue weighted by atomic mass is 32.2. The van der Waals surface area contributed by atoms with Crippen LogP contribution in [0.2, 0.25) is 0 Å². The maximum Gasteiger partial charge on any atom is 0.240 e. The van der Waals surface area contributed by atoms with Crippen LogP contribution in [0.3, 0.4) is 0 Å². The van der Waals surface area contributed by atoms with Crippen molar-refractivity contribution in [3.8, 4) is 17.2 Å². The van der Waals surface area contributed by atoms with Crippen molar-refractivity contribution in [3.05, 3.63) is 48.5 Å². The van der Waals surface area contributed by atoms with Crippen molar-refractivity contribution in [2.24, 2.45) is 0 Å². The smallest absolute Gasteiger partial charge is 0.240 e. The monoisotopic (exact) mass is 434 g/mol. The van der Waals surface area contributed by atoms with Crippen molar-refractivity contribution in [2.75, 3.05) is 40.0 Å². The number of benzene rings is 2. The van der Waals surface area contributed by atoms with Crippen molar-refractivity contribution >= 4 is 10.0 Å². The molecule has 0 radical (unpaired) electrons. The Hall–Kier alpha value is -2.13. The van der Waals surface area contributed by atoms with Crippen molar-refractivity contribution in [2.45, 2.75) is 30.7 Å². The fraction of sp³-hybridized carbons (Fsp3) is 0.455. The third-order valence-electron chi connectivity index (χ3n) is 5.10. The minimum absolute atomic E-state index is 0.206. The van der Waals surface area contributed by atoms with Gasteiger partial charge in [0.15, 0.2) is 0 Å². The van der Waals surface area contributed by atoms with Gasteiger partial charge in [0.05, 0.1) is 18.1 Å². The summed E-state index contributed by atoms with van der Waals surface area (Å²) in [6.07, 6.45) is 2.06. The molecule has 0 aliphatic carbocycles. The van der Waals surface area contributed by atoms with E-state index in [4.69, 9.17) is 14.2 Å². The molecule has 0 bridgehead atoms. The van der Waals surface area contributed by atoms with Gasteiger partial charge in [0, 0.05) is 26.2 Å². The van der Waals surface area contributed by atoms with Crippen LogP contribution in [0.25, 0.3) is 0 Å². The van der Waals surface area contributed by atoms with E-state index in [1.807, 2.05) is 31.2 Å². The molecule has 30 heavy (non-hydrogen) atoms. The molecule has 1 heterocycles. The molecular weight excluding hydrogens is 404 g/mol. The van der Waals surface area contributed by atoms with Crippen LogP contribution >= 0.6 is 0 Å². The van der Waals surface area contributed by atoms with Crippen molar-refractivity contribution < 1.29 is 22.6 Å². The third kappa shape index (κ3) is 6.18. The number of ether oxygens (including phenoxy) is 3. The first-order chi connectivity index (χ1) is 14.5. The first-order valence-electron chi connectivity index (χ1n) is 10.3. The van der Waals surface area contributed by atoms with E-state index in [1.54, 1.807) is 31.4 Å². The van der Waals surface area contributed by atoms with E-state index in [2.05, 4.69) is 9.62 Å². The molecule has 1 aliphatic heterocycles. The summed E-state index contributed by atoms with van der Waals surface area (Å²) in [5, 5.41) is 0. The van der Waals surface area contributed by atoms with E-state index < -0.39 is 10.0 Å². The molecule has 1 unspecified atom stereocenters. The quantitative estimate of drug-likeness (QED) is 0.585. The Morgan fingerprint density at radius 3 is 2.30 bits per heavy atom. The molecule has 1 N–H and O–H groups in total. The predicted molar refractivity (Wildman–Crippen MR) is 116 cm³/mol. The van der Waals surface area contributed by atoms with E-state index in [0.717, 1.165) is 31.7 Å². The highest BCUT2D eigenvalue weighted by Crippen LogP contribution is 2.25. The van der Waals surface area contributed by atoms with Crippen LogP contribution in [-0.4, -0.2) is 59.3 Å². The zero-order valence-electron chi connectivity index (χ0n) is 17.5. The van der Waals surface area contributed by atoms with Gasteiger partial charge >= 0.3 is 0 Å². The molecule has 164 valence electrons. The maximum atomic E-state index is 12.7. The zero-order valence-corrected chi connectivity index (χ0v) is 18.4. The summed E-state index contributed by atoms with van der Waals surface area (Å²) in [6.45, 7) is 5.39. The van der Waals surface area contributed by atoms with Crippen LogP contribution in [0.4, 0.5) is 0 Å². The van der Waals surface area contributed by atoms with Crippen LogP contribution in [0.15, 0.2) is 53.4 Å². The Bertz CT molecular complexity index is 885. The summed E-state index contributed by atoms with van der Waals surface area (Å²) in [7, 11) is -1.90. The summed E-state index contributed by atoms with van der Waals surface area (Å²) in [4.78, 5) is 2.50. The number of nitrogens with zero attached hydrogens (tertiary/aromatic N) is 1. The SMILES string of the molecule is CCOc1ccc(Oc2ccc(S(=O)(=O)NCC3CCCN3CCOC)cc2)cc1. The Kier molecular flexibility index (Phi) is 8.09. The van der Waals surface area contributed by atoms with Gasteiger partial charge in [-0.1, -0.05) is 0 Å². The van der Waals surface area contributed by atoms with Gasteiger partial charge in [0.1, 0.15) is 17.2 Å². The number of sulfonamides is 1. The summed E-state index contributed by atoms with van der Waals surface area (Å²) in [5.41, 5.74) is 0. The summed E-state index contributed by atoms with van der Waals surface area (Å²) in [6, 6.07) is 13.9. The van der Waals surface area contributed by atoms with Gasteiger partial charge in [-0.2, -0.15) is 0 Å². The number of nitrogens with one attached hydrogen (secondary N) is 1. The van der Waals surface area contributed by atoms with Crippen LogP contribution < -0.4 is 14.2 Å². The molecular formula is C22H30N2O5S. The zero-order chi connectivity index (χ0) is 21.4. The number of rotatable bonds is 11. The lowest BCUT2D eigenvalue weighted by molar-refractivity contribution is 0.141. The van der Waals surface area contributed by atoms with Gasteiger partial charge in [-0.05, 0) is 74.8 Å². The summed E-state index contributed by atoms with van der Waals surface area (Å²) < 4.78 is 44.4. The van der Waals surface area contributed by atoms with Crippen LogP contribution in [0, 0.1) is 0 Å². The van der Waals surface area contributed by atoms with Gasteiger partial charge in [0.25, 0.3) is 0 Å². The number of hydrogen-bond acceptors (Lipinski definition) is 6. The standard InChI is InChI=1S/C22H30N2O5S/c1-3-28-19-6-8-20(9-7-19)29-21-10-12-22(13-11-21)30(25,26)23-17-18-5-4-14-24(18)15-16-27-2/h6-13,18,23H,3-5,14-17H2,1-2H3. The Morgan fingerprint density at radius 1 is 1.03 bits per heavy atom. The number of methoxy groups -OCH3 is 1. The Balaban J connectivity index is 1.56. The van der Waals surface area contributed by atoms with Crippen molar-refractivity contribution in [1.82, 2.24) is 9.62 Å². The molecule has 0 spiro atoms. The average molecular weight is 435 g/mol. The fourth-order valence-corrected chi connectivity index (χ4v) is 4.58. The molecule has 3 rings (SSSR count). The van der Waals surface area contributed by atoms with Gasteiger partial charge in [-0.25, -0.2) is 13.1 Å². The maximum absolute atomic E-state index is 12.7. The van der Waals surface area contributed by atoms with Gasteiger partial charge in [-0.3, -0.25) is 4.90 Å². The molecule has 1 aliphatic rings. The second-order valence-electron chi connectivity index (χ2n) is 7.15. The van der Waals surface area contributed by atoms with E-state index in [-0.39, 0.29) is 10.9 Å². The summed E-state index contributed by atoms with van der Waals surface area (Å²) >= 11 is 0. The molecule has 7 nitrogen and oxygen atoms in total. The highest BCUT2D eigenvalue weighted by molar-refractivity contribution is 7.89. The second kappa shape index (κ2) is 10.8. The van der Waals surface area contributed by atoms with E-state index >= 15 is 0 Å². The average Bonchev–Trinajstić information content (AvgIpc) is 3.20. The molecule has 0 aromatic heterocycles. The minimum Gasteiger partial charge on any atom is -0.494 e. The van der Waals surface area contributed by atoms with Crippen LogP contribution in [0.5, 0.6) is 17.2 Å². The first kappa shape index (κ1) is 22.6. The Morgan fingerprint density at radius 2 is 1.67 bits per heavy atom. The fourth-order valence-electron chi connectivity index (χ4n) is 3.51. The predicted octanol–water partition coefficient (Wildman–Crippen LogP) is 3.27. The molecule has 0 amide bonds. The third-order valence-corrected chi connectivity index (χ3v) is 6.53. The van der Waals surface area contributed by atoms with Crippen LogP contribution in [0.1, 0.15) is 19.8 Å². The lowest BCUT2D eigenvalue weighted by atomic mass is 10.2. The summed E-state index contributed by atoms with van der Waals surface area (Å²) in [5.74, 6) is 2.00. The minimum atomic E-state index is -3.57. The topological polar surface area (TPSA) is 77.1 Å². The lowest BCUT2D eigenvalue weighted by Gasteiger charge is -2.24. The normalized spacial score (nSPS) is 17.2. The largest absolute Gasteiger partial charge is 0.494 e. The second-order valence-corrected chi connectivity index (χ2v) is 8.92. The van der Waals surface area contributed by atoms with Gasteiger partial charge < -0.3 is 14.2 Å². The molecule has 1 saturated heterocycles. The van der Waals surface area contributed by atoms with E-state index in [9.17, 15) is 8.42 Å². The van der Waals surface area contributed by atoms with E-state index in [1.165, 1.54) is 0 Å². The van der Waals surface area contributed by atoms with E-state index in [0.29, 0.717) is 31.3 Å². The molecule has 1 atom stereocenters. The lowest BCUT2D eigenvalue weighted by Crippen LogP contribution is -2.41. The number of hydrogen-bond donors (Lipinski definition) is 1. The van der Waals surface area contributed by atoms with Crippen molar-refractivity contribution in [3.63, 3.8) is 0 Å². The highest BCUT2D eigenvalue weighted by Gasteiger charge is 2.26. The number of likely N-dealkylation sites (tertiary alicyclic amines) is 1.